The third-order valence-electron chi connectivity index (χ3n) is 3.35. The maximum Gasteiger partial charge on any atom is 0.0870 e. The number of aliphatic hydroxyl groups excluding tert-OH is 1. The van der Waals surface area contributed by atoms with Gasteiger partial charge in [0.2, 0.25) is 0 Å². The third kappa shape index (κ3) is 3.44. The SMILES string of the molecule is Cc1ccc(C(O)C(CN)c2ccc(Br)cc2)cc1. The van der Waals surface area contributed by atoms with E-state index < -0.39 is 6.10 Å². The standard InChI is InChI=1S/C16H18BrNO/c1-11-2-4-13(5-3-11)16(19)15(10-18)12-6-8-14(17)9-7-12/h2-9,15-16,19H,10,18H2,1H3. The molecule has 2 rings (SSSR count). The molecule has 2 unspecified atom stereocenters. The highest BCUT2D eigenvalue weighted by Crippen LogP contribution is 2.30. The molecule has 0 aliphatic heterocycles. The molecule has 0 radical (unpaired) electrons. The molecule has 3 N–H and O–H groups in total. The van der Waals surface area contributed by atoms with Gasteiger partial charge in [-0.15, -0.1) is 0 Å². The Hall–Kier alpha value is -1.16. The molecule has 2 nitrogen and oxygen atoms in total. The van der Waals surface area contributed by atoms with Gasteiger partial charge in [-0.3, -0.25) is 0 Å². The monoisotopic (exact) mass is 319 g/mol. The highest BCUT2D eigenvalue weighted by atomic mass is 79.9. The lowest BCUT2D eigenvalue weighted by Crippen LogP contribution is -2.20. The van der Waals surface area contributed by atoms with Crippen LogP contribution < -0.4 is 5.73 Å². The van der Waals surface area contributed by atoms with Crippen molar-refractivity contribution in [3.63, 3.8) is 0 Å². The summed E-state index contributed by atoms with van der Waals surface area (Å²) in [6.45, 7) is 2.45. The molecule has 19 heavy (non-hydrogen) atoms. The predicted octanol–water partition coefficient (Wildman–Crippen LogP) is 3.53. The Balaban J connectivity index is 2.26. The summed E-state index contributed by atoms with van der Waals surface area (Å²) in [5.41, 5.74) is 8.98. The Bertz CT molecular complexity index is 521. The van der Waals surface area contributed by atoms with Gasteiger partial charge in [-0.2, -0.15) is 0 Å². The van der Waals surface area contributed by atoms with Crippen molar-refractivity contribution >= 4 is 15.9 Å². The summed E-state index contributed by atoms with van der Waals surface area (Å²) < 4.78 is 1.02. The summed E-state index contributed by atoms with van der Waals surface area (Å²) in [5.74, 6) is -0.0872. The van der Waals surface area contributed by atoms with E-state index in [0.717, 1.165) is 15.6 Å². The van der Waals surface area contributed by atoms with E-state index in [-0.39, 0.29) is 5.92 Å². The average Bonchev–Trinajstić information content (AvgIpc) is 2.42. The predicted molar refractivity (Wildman–Crippen MR) is 82.1 cm³/mol. The molecular weight excluding hydrogens is 302 g/mol. The van der Waals surface area contributed by atoms with Crippen molar-refractivity contribution in [2.45, 2.75) is 18.9 Å². The van der Waals surface area contributed by atoms with Crippen LogP contribution in [0.5, 0.6) is 0 Å². The van der Waals surface area contributed by atoms with Crippen molar-refractivity contribution in [2.24, 2.45) is 5.73 Å². The number of hydrogen-bond donors (Lipinski definition) is 2. The van der Waals surface area contributed by atoms with Gasteiger partial charge < -0.3 is 10.8 Å². The van der Waals surface area contributed by atoms with Gasteiger partial charge in [-0.25, -0.2) is 0 Å². The lowest BCUT2D eigenvalue weighted by Gasteiger charge is -2.22. The summed E-state index contributed by atoms with van der Waals surface area (Å²) in [5, 5.41) is 10.5. The number of aliphatic hydroxyl groups is 1. The van der Waals surface area contributed by atoms with Crippen LogP contribution in [0.1, 0.15) is 28.7 Å². The molecule has 0 saturated carbocycles. The number of rotatable bonds is 4. The van der Waals surface area contributed by atoms with Crippen LogP contribution in [0.4, 0.5) is 0 Å². The fourth-order valence-corrected chi connectivity index (χ4v) is 2.42. The van der Waals surface area contributed by atoms with Gasteiger partial charge in [-0.1, -0.05) is 57.9 Å². The second-order valence-electron chi connectivity index (χ2n) is 4.75. The van der Waals surface area contributed by atoms with Gasteiger partial charge in [0.1, 0.15) is 0 Å². The van der Waals surface area contributed by atoms with Crippen molar-refractivity contribution in [3.05, 3.63) is 69.7 Å². The highest BCUT2D eigenvalue weighted by Gasteiger charge is 2.21. The van der Waals surface area contributed by atoms with Crippen LogP contribution in [0, 0.1) is 6.92 Å². The lowest BCUT2D eigenvalue weighted by molar-refractivity contribution is 0.147. The van der Waals surface area contributed by atoms with Gasteiger partial charge in [0, 0.05) is 16.9 Å². The molecule has 2 aromatic carbocycles. The van der Waals surface area contributed by atoms with Crippen LogP contribution in [0.2, 0.25) is 0 Å². The molecule has 0 aromatic heterocycles. The second-order valence-corrected chi connectivity index (χ2v) is 5.66. The van der Waals surface area contributed by atoms with Crippen LogP contribution in [-0.4, -0.2) is 11.7 Å². The fraction of sp³-hybridized carbons (Fsp3) is 0.250. The fourth-order valence-electron chi connectivity index (χ4n) is 2.15. The van der Waals surface area contributed by atoms with Crippen LogP contribution in [0.3, 0.4) is 0 Å². The first kappa shape index (κ1) is 14.3. The number of benzene rings is 2. The third-order valence-corrected chi connectivity index (χ3v) is 3.88. The van der Waals surface area contributed by atoms with E-state index in [1.807, 2.05) is 55.5 Å². The average molecular weight is 320 g/mol. The molecule has 0 aliphatic carbocycles. The van der Waals surface area contributed by atoms with Crippen molar-refractivity contribution in [1.82, 2.24) is 0 Å². The number of hydrogen-bond acceptors (Lipinski definition) is 2. The smallest absolute Gasteiger partial charge is 0.0870 e. The molecule has 2 atom stereocenters. The van der Waals surface area contributed by atoms with E-state index in [2.05, 4.69) is 15.9 Å². The van der Waals surface area contributed by atoms with E-state index >= 15 is 0 Å². The van der Waals surface area contributed by atoms with Crippen molar-refractivity contribution in [2.75, 3.05) is 6.54 Å². The Morgan fingerprint density at radius 1 is 1.00 bits per heavy atom. The molecule has 3 heteroatoms. The molecule has 0 saturated heterocycles. The number of aryl methyl sites for hydroxylation is 1. The van der Waals surface area contributed by atoms with Gasteiger partial charge in [-0.05, 0) is 30.2 Å². The summed E-state index contributed by atoms with van der Waals surface area (Å²) in [7, 11) is 0. The van der Waals surface area contributed by atoms with Crippen LogP contribution >= 0.6 is 15.9 Å². The summed E-state index contributed by atoms with van der Waals surface area (Å²) in [6, 6.07) is 15.9. The first-order valence-electron chi connectivity index (χ1n) is 6.32. The Kier molecular flexibility index (Phi) is 4.75. The number of halogens is 1. The van der Waals surface area contributed by atoms with Gasteiger partial charge >= 0.3 is 0 Å². The molecule has 100 valence electrons. The molecular formula is C16H18BrNO. The minimum Gasteiger partial charge on any atom is -0.388 e. The van der Waals surface area contributed by atoms with Crippen LogP contribution in [0.15, 0.2) is 53.0 Å². The summed E-state index contributed by atoms with van der Waals surface area (Å²) in [4.78, 5) is 0. The quantitative estimate of drug-likeness (QED) is 0.905. The molecule has 0 bridgehead atoms. The maximum absolute atomic E-state index is 10.5. The maximum atomic E-state index is 10.5. The van der Waals surface area contributed by atoms with E-state index in [0.29, 0.717) is 6.54 Å². The minimum absolute atomic E-state index is 0.0872. The Morgan fingerprint density at radius 2 is 1.53 bits per heavy atom. The molecule has 0 aliphatic rings. The summed E-state index contributed by atoms with van der Waals surface area (Å²) in [6.07, 6.45) is -0.577. The summed E-state index contributed by atoms with van der Waals surface area (Å²) >= 11 is 3.41. The van der Waals surface area contributed by atoms with E-state index in [9.17, 15) is 5.11 Å². The Morgan fingerprint density at radius 3 is 2.05 bits per heavy atom. The zero-order valence-corrected chi connectivity index (χ0v) is 12.5. The highest BCUT2D eigenvalue weighted by molar-refractivity contribution is 9.10. The second kappa shape index (κ2) is 6.33. The first-order chi connectivity index (χ1) is 9.11. The largest absolute Gasteiger partial charge is 0.388 e. The zero-order valence-electron chi connectivity index (χ0n) is 10.9. The first-order valence-corrected chi connectivity index (χ1v) is 7.11. The molecule has 0 spiro atoms. The van der Waals surface area contributed by atoms with Crippen LogP contribution in [0.25, 0.3) is 0 Å². The normalized spacial score (nSPS) is 14.1. The van der Waals surface area contributed by atoms with Crippen LogP contribution in [-0.2, 0) is 0 Å². The Labute approximate surface area is 122 Å². The topological polar surface area (TPSA) is 46.2 Å². The van der Waals surface area contributed by atoms with Gasteiger partial charge in [0.05, 0.1) is 6.10 Å². The minimum atomic E-state index is -0.577. The van der Waals surface area contributed by atoms with E-state index in [1.165, 1.54) is 5.56 Å². The van der Waals surface area contributed by atoms with Crippen molar-refractivity contribution in [1.29, 1.82) is 0 Å². The van der Waals surface area contributed by atoms with Crippen molar-refractivity contribution < 1.29 is 5.11 Å². The lowest BCUT2D eigenvalue weighted by atomic mass is 9.89. The van der Waals surface area contributed by atoms with Gasteiger partial charge in [0.25, 0.3) is 0 Å². The van der Waals surface area contributed by atoms with Gasteiger partial charge in [0.15, 0.2) is 0 Å². The number of nitrogens with two attached hydrogens (primary N) is 1. The van der Waals surface area contributed by atoms with E-state index in [1.54, 1.807) is 0 Å². The molecule has 0 amide bonds. The van der Waals surface area contributed by atoms with E-state index in [4.69, 9.17) is 5.73 Å². The zero-order chi connectivity index (χ0) is 13.8. The molecule has 2 aromatic rings. The van der Waals surface area contributed by atoms with Crippen molar-refractivity contribution in [3.8, 4) is 0 Å². The molecule has 0 fully saturated rings. The molecule has 0 heterocycles.